The maximum atomic E-state index is 12.8. The van der Waals surface area contributed by atoms with Crippen molar-refractivity contribution in [1.82, 2.24) is 0 Å². The molecule has 0 saturated carbocycles. The highest BCUT2D eigenvalue weighted by molar-refractivity contribution is 9.10. The van der Waals surface area contributed by atoms with Crippen LogP contribution in [0.4, 0.5) is 11.4 Å². The number of thioether (sulfide) groups is 1. The van der Waals surface area contributed by atoms with Gasteiger partial charge in [-0.1, -0.05) is 15.9 Å². The highest BCUT2D eigenvalue weighted by Gasteiger charge is 2.18. The molecule has 0 unspecified atom stereocenters. The predicted molar refractivity (Wildman–Crippen MR) is 135 cm³/mol. The van der Waals surface area contributed by atoms with Crippen LogP contribution in [0.3, 0.4) is 0 Å². The van der Waals surface area contributed by atoms with Gasteiger partial charge in [0.25, 0.3) is 10.0 Å². The molecule has 0 aliphatic heterocycles. The largest absolute Gasteiger partial charge is 0.497 e. The van der Waals surface area contributed by atoms with Crippen molar-refractivity contribution < 1.29 is 22.7 Å². The Balaban J connectivity index is 1.66. The molecule has 0 aliphatic rings. The van der Waals surface area contributed by atoms with Crippen molar-refractivity contribution in [3.05, 3.63) is 71.2 Å². The standard InChI is InChI=1S/C23H23BrN2O5S2/c1-15(32-19-9-4-16(24)5-10-19)23(27)25-17-6-11-20(12-7-17)33(28,29)26-21-13-8-18(30-2)14-22(21)31-3/h4-15,26H,1-3H3,(H,25,27)/t15-/m1/s1. The molecule has 0 saturated heterocycles. The average Bonchev–Trinajstić information content (AvgIpc) is 2.81. The smallest absolute Gasteiger partial charge is 0.262 e. The fourth-order valence-corrected chi connectivity index (χ4v) is 5.02. The van der Waals surface area contributed by atoms with E-state index in [2.05, 4.69) is 26.0 Å². The minimum Gasteiger partial charge on any atom is -0.497 e. The van der Waals surface area contributed by atoms with Crippen molar-refractivity contribution in [1.29, 1.82) is 0 Å². The summed E-state index contributed by atoms with van der Waals surface area (Å²) in [6.07, 6.45) is 0. The summed E-state index contributed by atoms with van der Waals surface area (Å²) in [5.41, 5.74) is 0.790. The lowest BCUT2D eigenvalue weighted by molar-refractivity contribution is -0.115. The van der Waals surface area contributed by atoms with Gasteiger partial charge in [-0.3, -0.25) is 9.52 Å². The van der Waals surface area contributed by atoms with Gasteiger partial charge in [0, 0.05) is 21.1 Å². The lowest BCUT2D eigenvalue weighted by Gasteiger charge is -2.14. The maximum Gasteiger partial charge on any atom is 0.262 e. The number of hydrogen-bond acceptors (Lipinski definition) is 6. The molecular weight excluding hydrogens is 528 g/mol. The Labute approximate surface area is 206 Å². The van der Waals surface area contributed by atoms with Crippen molar-refractivity contribution in [2.75, 3.05) is 24.3 Å². The number of methoxy groups -OCH3 is 2. The second-order valence-corrected chi connectivity index (χ2v) is 10.9. The fraction of sp³-hybridized carbons (Fsp3) is 0.174. The van der Waals surface area contributed by atoms with Crippen LogP contribution in [0.5, 0.6) is 11.5 Å². The Morgan fingerprint density at radius 3 is 2.24 bits per heavy atom. The topological polar surface area (TPSA) is 93.7 Å². The van der Waals surface area contributed by atoms with Gasteiger partial charge in [0.05, 0.1) is 30.1 Å². The quantitative estimate of drug-likeness (QED) is 0.347. The van der Waals surface area contributed by atoms with E-state index >= 15 is 0 Å². The SMILES string of the molecule is COc1ccc(NS(=O)(=O)c2ccc(NC(=O)[C@@H](C)Sc3ccc(Br)cc3)cc2)c(OC)c1. The molecule has 0 spiro atoms. The van der Waals surface area contributed by atoms with E-state index in [1.165, 1.54) is 38.1 Å². The Kier molecular flexibility index (Phi) is 8.28. The predicted octanol–water partition coefficient (Wildman–Crippen LogP) is 5.39. The molecule has 3 aromatic carbocycles. The van der Waals surface area contributed by atoms with Crippen molar-refractivity contribution in [2.45, 2.75) is 22.0 Å². The Hall–Kier alpha value is -2.69. The summed E-state index contributed by atoms with van der Waals surface area (Å²) in [5, 5.41) is 2.48. The molecule has 1 atom stereocenters. The van der Waals surface area contributed by atoms with Gasteiger partial charge in [-0.15, -0.1) is 11.8 Å². The van der Waals surface area contributed by atoms with Gasteiger partial charge in [0.15, 0.2) is 0 Å². The third-order valence-corrected chi connectivity index (χ3v) is 7.60. The molecule has 0 heterocycles. The number of ether oxygens (including phenoxy) is 2. The first kappa shape index (κ1) is 24.9. The molecule has 10 heteroatoms. The number of nitrogens with one attached hydrogen (secondary N) is 2. The van der Waals surface area contributed by atoms with E-state index in [4.69, 9.17) is 9.47 Å². The highest BCUT2D eigenvalue weighted by atomic mass is 79.9. The number of sulfonamides is 1. The van der Waals surface area contributed by atoms with Crippen molar-refractivity contribution in [3.8, 4) is 11.5 Å². The van der Waals surface area contributed by atoms with Crippen molar-refractivity contribution in [2.24, 2.45) is 0 Å². The zero-order valence-corrected chi connectivity index (χ0v) is 21.4. The Bertz CT molecular complexity index is 1220. The molecule has 2 N–H and O–H groups in total. The molecule has 33 heavy (non-hydrogen) atoms. The first-order valence-electron chi connectivity index (χ1n) is 9.80. The van der Waals surface area contributed by atoms with E-state index in [1.54, 1.807) is 30.3 Å². The number of hydrogen-bond donors (Lipinski definition) is 2. The highest BCUT2D eigenvalue weighted by Crippen LogP contribution is 2.31. The van der Waals surface area contributed by atoms with Gasteiger partial charge < -0.3 is 14.8 Å². The van der Waals surface area contributed by atoms with Crippen LogP contribution in [-0.4, -0.2) is 33.8 Å². The molecule has 174 valence electrons. The monoisotopic (exact) mass is 550 g/mol. The molecule has 0 radical (unpaired) electrons. The van der Waals surface area contributed by atoms with E-state index in [-0.39, 0.29) is 21.7 Å². The molecule has 0 fully saturated rings. The number of carbonyl (C=O) groups excluding carboxylic acids is 1. The van der Waals surface area contributed by atoms with Crippen LogP contribution >= 0.6 is 27.7 Å². The average molecular weight is 551 g/mol. The normalized spacial score (nSPS) is 12.0. The summed E-state index contributed by atoms with van der Waals surface area (Å²) in [7, 11) is -0.905. The Morgan fingerprint density at radius 2 is 1.64 bits per heavy atom. The molecule has 7 nitrogen and oxygen atoms in total. The second-order valence-electron chi connectivity index (χ2n) is 6.90. The van der Waals surface area contributed by atoms with Gasteiger partial charge in [-0.05, 0) is 67.6 Å². The van der Waals surface area contributed by atoms with Crippen LogP contribution < -0.4 is 19.5 Å². The molecule has 3 rings (SSSR count). The number of anilines is 2. The van der Waals surface area contributed by atoms with Crippen LogP contribution in [0.25, 0.3) is 0 Å². The third kappa shape index (κ3) is 6.66. The number of amides is 1. The zero-order valence-electron chi connectivity index (χ0n) is 18.2. The third-order valence-electron chi connectivity index (χ3n) is 4.58. The fourth-order valence-electron chi connectivity index (χ4n) is 2.82. The Morgan fingerprint density at radius 1 is 0.970 bits per heavy atom. The van der Waals surface area contributed by atoms with Gasteiger partial charge in [0.1, 0.15) is 11.5 Å². The first-order chi connectivity index (χ1) is 15.7. The van der Waals surface area contributed by atoms with Crippen LogP contribution in [0, 0.1) is 0 Å². The summed E-state index contributed by atoms with van der Waals surface area (Å²) >= 11 is 4.82. The zero-order chi connectivity index (χ0) is 24.0. The van der Waals surface area contributed by atoms with Crippen LogP contribution in [-0.2, 0) is 14.8 Å². The van der Waals surface area contributed by atoms with Crippen molar-refractivity contribution >= 4 is 55.0 Å². The molecular formula is C23H23BrN2O5S2. The van der Waals surface area contributed by atoms with Crippen LogP contribution in [0.1, 0.15) is 6.92 Å². The summed E-state index contributed by atoms with van der Waals surface area (Å²) in [6, 6.07) is 18.4. The number of benzene rings is 3. The second kappa shape index (κ2) is 11.0. The summed E-state index contributed by atoms with van der Waals surface area (Å²) in [4.78, 5) is 13.6. The van der Waals surface area contributed by atoms with Gasteiger partial charge in [0.2, 0.25) is 5.91 Å². The van der Waals surface area contributed by atoms with E-state index in [0.717, 1.165) is 9.37 Å². The van der Waals surface area contributed by atoms with Gasteiger partial charge in [-0.25, -0.2) is 8.42 Å². The van der Waals surface area contributed by atoms with Gasteiger partial charge >= 0.3 is 0 Å². The molecule has 0 bridgehead atoms. The van der Waals surface area contributed by atoms with E-state index in [0.29, 0.717) is 17.2 Å². The first-order valence-corrected chi connectivity index (χ1v) is 13.0. The number of halogens is 1. The van der Waals surface area contributed by atoms with Crippen LogP contribution in [0.15, 0.2) is 81.0 Å². The van der Waals surface area contributed by atoms with Crippen LogP contribution in [0.2, 0.25) is 0 Å². The number of rotatable bonds is 9. The van der Waals surface area contributed by atoms with Gasteiger partial charge in [-0.2, -0.15) is 0 Å². The number of carbonyl (C=O) groups is 1. The minimum absolute atomic E-state index is 0.0515. The maximum absolute atomic E-state index is 12.8. The lowest BCUT2D eigenvalue weighted by Crippen LogP contribution is -2.22. The molecule has 0 aliphatic carbocycles. The van der Waals surface area contributed by atoms with E-state index in [1.807, 2.05) is 31.2 Å². The summed E-state index contributed by atoms with van der Waals surface area (Å²) in [5.74, 6) is 0.695. The van der Waals surface area contributed by atoms with E-state index < -0.39 is 10.0 Å². The minimum atomic E-state index is -3.86. The molecule has 0 aromatic heterocycles. The molecule has 1 amide bonds. The summed E-state index contributed by atoms with van der Waals surface area (Å²) in [6.45, 7) is 1.81. The van der Waals surface area contributed by atoms with Crippen molar-refractivity contribution in [3.63, 3.8) is 0 Å². The lowest BCUT2D eigenvalue weighted by atomic mass is 10.3. The summed E-state index contributed by atoms with van der Waals surface area (Å²) < 4.78 is 39.5. The van der Waals surface area contributed by atoms with E-state index in [9.17, 15) is 13.2 Å². The molecule has 3 aromatic rings.